The SMILES string of the molecule is CCc1cnc(NC(=O)c2ccc(C3N=C(C4CCC(OC)CC4)N4C=CN=C(N)C34)cc2)s1. The van der Waals surface area contributed by atoms with Crippen LogP contribution < -0.4 is 11.1 Å². The molecule has 1 aliphatic carbocycles. The van der Waals surface area contributed by atoms with Gasteiger partial charge in [0, 0.05) is 42.1 Å². The molecule has 8 nitrogen and oxygen atoms in total. The Morgan fingerprint density at radius 1 is 1.24 bits per heavy atom. The molecule has 2 unspecified atom stereocenters. The third-order valence-electron chi connectivity index (χ3n) is 6.90. The van der Waals surface area contributed by atoms with Gasteiger partial charge in [0.25, 0.3) is 5.91 Å². The minimum absolute atomic E-state index is 0.136. The van der Waals surface area contributed by atoms with E-state index in [4.69, 9.17) is 15.5 Å². The third kappa shape index (κ3) is 4.37. The van der Waals surface area contributed by atoms with Gasteiger partial charge in [0.2, 0.25) is 0 Å². The second-order valence-corrected chi connectivity index (χ2v) is 10.0. The maximum atomic E-state index is 12.7. The highest BCUT2D eigenvalue weighted by atomic mass is 32.1. The number of hydrogen-bond donors (Lipinski definition) is 2. The summed E-state index contributed by atoms with van der Waals surface area (Å²) in [7, 11) is 1.79. The van der Waals surface area contributed by atoms with E-state index in [9.17, 15) is 4.79 Å². The van der Waals surface area contributed by atoms with Crippen LogP contribution in [0.5, 0.6) is 0 Å². The van der Waals surface area contributed by atoms with Gasteiger partial charge in [-0.25, -0.2) is 9.98 Å². The van der Waals surface area contributed by atoms with E-state index in [0.29, 0.717) is 28.6 Å². The van der Waals surface area contributed by atoms with Crippen molar-refractivity contribution in [3.63, 3.8) is 0 Å². The first-order chi connectivity index (χ1) is 16.6. The third-order valence-corrected chi connectivity index (χ3v) is 7.96. The zero-order chi connectivity index (χ0) is 23.7. The number of hydrogen-bond acceptors (Lipinski definition) is 8. The van der Waals surface area contributed by atoms with Crippen LogP contribution in [0.2, 0.25) is 0 Å². The molecule has 0 saturated heterocycles. The van der Waals surface area contributed by atoms with Crippen molar-refractivity contribution in [1.29, 1.82) is 0 Å². The summed E-state index contributed by atoms with van der Waals surface area (Å²) < 4.78 is 5.55. The van der Waals surface area contributed by atoms with E-state index >= 15 is 0 Å². The number of aliphatic imine (C=N–C) groups is 2. The number of nitrogens with zero attached hydrogens (tertiary/aromatic N) is 4. The van der Waals surface area contributed by atoms with Gasteiger partial charge in [0.1, 0.15) is 23.8 Å². The minimum Gasteiger partial charge on any atom is -0.385 e. The Kier molecular flexibility index (Phi) is 6.47. The lowest BCUT2D eigenvalue weighted by Gasteiger charge is -2.34. The smallest absolute Gasteiger partial charge is 0.257 e. The van der Waals surface area contributed by atoms with E-state index in [1.807, 2.05) is 30.5 Å². The van der Waals surface area contributed by atoms with Gasteiger partial charge in [-0.2, -0.15) is 0 Å². The molecule has 0 radical (unpaired) electrons. The van der Waals surface area contributed by atoms with Gasteiger partial charge in [-0.1, -0.05) is 19.1 Å². The molecular formula is C25H30N6O2S. The summed E-state index contributed by atoms with van der Waals surface area (Å²) in [6.45, 7) is 2.07. The average Bonchev–Trinajstić information content (AvgIpc) is 3.49. The van der Waals surface area contributed by atoms with E-state index in [-0.39, 0.29) is 18.0 Å². The first-order valence-corrected chi connectivity index (χ1v) is 12.6. The number of aromatic nitrogens is 1. The van der Waals surface area contributed by atoms with Crippen molar-refractivity contribution in [2.24, 2.45) is 21.6 Å². The summed E-state index contributed by atoms with van der Waals surface area (Å²) in [4.78, 5) is 29.8. The summed E-state index contributed by atoms with van der Waals surface area (Å²) in [5, 5.41) is 3.51. The number of benzene rings is 1. The molecule has 0 spiro atoms. The molecular weight excluding hydrogens is 448 g/mol. The van der Waals surface area contributed by atoms with Crippen LogP contribution in [0.25, 0.3) is 0 Å². The molecule has 3 aliphatic rings. The van der Waals surface area contributed by atoms with Crippen molar-refractivity contribution < 1.29 is 9.53 Å². The molecule has 178 valence electrons. The predicted molar refractivity (Wildman–Crippen MR) is 135 cm³/mol. The van der Waals surface area contributed by atoms with Gasteiger partial charge in [0.15, 0.2) is 5.13 Å². The standard InChI is InChI=1S/C25H30N6O2S/c1-3-19-14-28-25(34-19)30-24(32)17-6-4-15(5-7-17)20-21-22(26)27-12-13-31(21)23(29-20)16-8-10-18(33-2)11-9-16/h4-7,12-14,16,18,20-21H,3,8-11H2,1-2H3,(H2,26,27)(H,28,30,32). The summed E-state index contributed by atoms with van der Waals surface area (Å²) >= 11 is 1.50. The number of carbonyl (C=O) groups excluding carboxylic acids is 1. The van der Waals surface area contributed by atoms with E-state index in [0.717, 1.165) is 48.4 Å². The number of nitrogens with one attached hydrogen (secondary N) is 1. The van der Waals surface area contributed by atoms with E-state index in [1.54, 1.807) is 19.5 Å². The van der Waals surface area contributed by atoms with Crippen LogP contribution in [0.4, 0.5) is 5.13 Å². The largest absolute Gasteiger partial charge is 0.385 e. The Hall–Kier alpha value is -3.04. The van der Waals surface area contributed by atoms with E-state index < -0.39 is 0 Å². The predicted octanol–water partition coefficient (Wildman–Crippen LogP) is 4.13. The van der Waals surface area contributed by atoms with Crippen LogP contribution in [0, 0.1) is 5.92 Å². The zero-order valence-electron chi connectivity index (χ0n) is 19.5. The van der Waals surface area contributed by atoms with Crippen LogP contribution in [0.15, 0.2) is 52.8 Å². The van der Waals surface area contributed by atoms with Gasteiger partial charge in [0.05, 0.1) is 6.10 Å². The molecule has 3 heterocycles. The Morgan fingerprint density at radius 2 is 2.00 bits per heavy atom. The molecule has 9 heteroatoms. The molecule has 2 atom stereocenters. The number of carbonyl (C=O) groups is 1. The molecule has 1 fully saturated rings. The second-order valence-electron chi connectivity index (χ2n) is 8.91. The van der Waals surface area contributed by atoms with Crippen LogP contribution in [-0.4, -0.2) is 46.7 Å². The van der Waals surface area contributed by atoms with Gasteiger partial charge < -0.3 is 15.4 Å². The van der Waals surface area contributed by atoms with Crippen molar-refractivity contribution >= 4 is 34.0 Å². The van der Waals surface area contributed by atoms with Crippen LogP contribution in [0.3, 0.4) is 0 Å². The Labute approximate surface area is 203 Å². The van der Waals surface area contributed by atoms with Crippen molar-refractivity contribution in [3.05, 3.63) is 58.9 Å². The summed E-state index contributed by atoms with van der Waals surface area (Å²) in [5.41, 5.74) is 7.95. The molecule has 1 amide bonds. The molecule has 0 bridgehead atoms. The number of fused-ring (bicyclic) bond motifs is 1. The quantitative estimate of drug-likeness (QED) is 0.650. The number of methoxy groups -OCH3 is 1. The summed E-state index contributed by atoms with van der Waals surface area (Å²) in [6.07, 6.45) is 11.0. The van der Waals surface area contributed by atoms with Gasteiger partial charge >= 0.3 is 0 Å². The first kappa shape index (κ1) is 22.7. The molecule has 2 aliphatic heterocycles. The van der Waals surface area contributed by atoms with Crippen molar-refractivity contribution in [2.75, 3.05) is 12.4 Å². The van der Waals surface area contributed by atoms with Crippen LogP contribution >= 0.6 is 11.3 Å². The van der Waals surface area contributed by atoms with Crippen LogP contribution in [-0.2, 0) is 11.2 Å². The van der Waals surface area contributed by atoms with Crippen molar-refractivity contribution in [1.82, 2.24) is 9.88 Å². The van der Waals surface area contributed by atoms with Gasteiger partial charge in [-0.3, -0.25) is 15.1 Å². The highest BCUT2D eigenvalue weighted by Crippen LogP contribution is 2.39. The number of amides is 1. The van der Waals surface area contributed by atoms with E-state index in [1.165, 1.54) is 11.3 Å². The zero-order valence-corrected chi connectivity index (χ0v) is 20.3. The summed E-state index contributed by atoms with van der Waals surface area (Å²) in [5.74, 6) is 1.85. The molecule has 1 aromatic carbocycles. The second kappa shape index (κ2) is 9.68. The Bertz CT molecular complexity index is 1130. The highest BCUT2D eigenvalue weighted by Gasteiger charge is 2.42. The fourth-order valence-corrected chi connectivity index (χ4v) is 5.72. The monoisotopic (exact) mass is 478 g/mol. The molecule has 1 saturated carbocycles. The minimum atomic E-state index is -0.169. The number of ether oxygens (including phenoxy) is 1. The Balaban J connectivity index is 1.35. The lowest BCUT2D eigenvalue weighted by Crippen LogP contribution is -2.47. The van der Waals surface area contributed by atoms with Crippen LogP contribution in [0.1, 0.15) is 59.4 Å². The molecule has 3 N–H and O–H groups in total. The molecule has 2 aromatic rings. The van der Waals surface area contributed by atoms with Crippen molar-refractivity contribution in [3.8, 4) is 0 Å². The molecule has 5 rings (SSSR count). The number of anilines is 1. The van der Waals surface area contributed by atoms with Crippen molar-refractivity contribution in [2.45, 2.75) is 57.2 Å². The highest BCUT2D eigenvalue weighted by molar-refractivity contribution is 7.15. The maximum Gasteiger partial charge on any atom is 0.257 e. The number of thiazole rings is 1. The molecule has 1 aromatic heterocycles. The summed E-state index contributed by atoms with van der Waals surface area (Å²) in [6, 6.07) is 7.32. The van der Waals surface area contributed by atoms with Gasteiger partial charge in [-0.15, -0.1) is 11.3 Å². The lowest BCUT2D eigenvalue weighted by atomic mass is 9.86. The Morgan fingerprint density at radius 3 is 2.68 bits per heavy atom. The lowest BCUT2D eigenvalue weighted by molar-refractivity contribution is 0.0638. The maximum absolute atomic E-state index is 12.7. The number of aryl methyl sites for hydroxylation is 1. The first-order valence-electron chi connectivity index (χ1n) is 11.8. The number of nitrogens with two attached hydrogens (primary N) is 1. The topological polar surface area (TPSA) is 105 Å². The average molecular weight is 479 g/mol. The fourth-order valence-electron chi connectivity index (χ4n) is 4.97. The molecule has 34 heavy (non-hydrogen) atoms. The van der Waals surface area contributed by atoms with E-state index in [2.05, 4.69) is 27.1 Å². The number of rotatable bonds is 6. The van der Waals surface area contributed by atoms with Gasteiger partial charge in [-0.05, 0) is 49.8 Å². The normalized spacial score (nSPS) is 26.1. The number of amidine groups is 2. The fraction of sp³-hybridized carbons (Fsp3) is 0.440.